The minimum atomic E-state index is 0. The van der Waals surface area contributed by atoms with Gasteiger partial charge in [-0.3, -0.25) is 9.97 Å². The van der Waals surface area contributed by atoms with E-state index >= 15 is 0 Å². The van der Waals surface area contributed by atoms with Crippen LogP contribution in [0, 0.1) is 6.92 Å². The van der Waals surface area contributed by atoms with Gasteiger partial charge in [0.15, 0.2) is 64.4 Å². The fraction of sp³-hybridized carbons (Fsp3) is 0.582. The number of nitrogens with zero attached hydrogens (tertiary/aromatic N) is 17. The highest BCUT2D eigenvalue weighted by molar-refractivity contribution is 7.60. The number of aliphatic hydroxyl groups is 5. The van der Waals surface area contributed by atoms with E-state index in [2.05, 4.69) is 152 Å². The fourth-order valence-corrected chi connectivity index (χ4v) is 11.3. The van der Waals surface area contributed by atoms with Crippen LogP contribution in [0.1, 0.15) is 200 Å². The maximum absolute atomic E-state index is 9.28. The Morgan fingerprint density at radius 2 is 0.756 bits per heavy atom. The van der Waals surface area contributed by atoms with Crippen LogP contribution < -0.4 is 78.9 Å². The Bertz CT molecular complexity index is 4070. The van der Waals surface area contributed by atoms with Crippen LogP contribution in [0.2, 0.25) is 0 Å². The zero-order chi connectivity index (χ0) is 85.3. The summed E-state index contributed by atoms with van der Waals surface area (Å²) in [5.41, 5.74) is 31.8. The van der Waals surface area contributed by atoms with Gasteiger partial charge in [0.05, 0.1) is 67.3 Å². The molecule has 0 amide bonds. The summed E-state index contributed by atoms with van der Waals surface area (Å²) >= 11 is 0. The highest BCUT2D eigenvalue weighted by Gasteiger charge is 2.21. The number of aliphatic hydroxyl groups excluding tert-OH is 5. The summed E-state index contributed by atoms with van der Waals surface area (Å²) in [6.45, 7) is 19.8. The molecule has 1 aliphatic rings. The van der Waals surface area contributed by atoms with Crippen molar-refractivity contribution in [2.45, 2.75) is 240 Å². The Hall–Kier alpha value is -9.38. The number of hydrogen-bond acceptors (Lipinski definition) is 38. The van der Waals surface area contributed by atoms with Gasteiger partial charge in [-0.2, -0.15) is 108 Å². The molecule has 0 aliphatic carbocycles. The highest BCUT2D eigenvalue weighted by atomic mass is 32.1. The molecule has 0 radical (unpaired) electrons. The Kier molecular flexibility index (Phi) is 63.7. The number of nitrogens with two attached hydrogens (primary N) is 5. The monoisotopic (exact) mass is 1810 g/mol. The van der Waals surface area contributed by atoms with E-state index in [0.29, 0.717) is 135 Å². The van der Waals surface area contributed by atoms with Gasteiger partial charge in [0.25, 0.3) is 0 Å². The molecular formula is C79H138N28O11S5. The smallest absolute Gasteiger partial charge is 0.222 e. The van der Waals surface area contributed by atoms with E-state index in [1.54, 1.807) is 31.0 Å². The molecule has 9 heterocycles. The predicted octanol–water partition coefficient (Wildman–Crippen LogP) is 10.5. The molecule has 8 aromatic rings. The van der Waals surface area contributed by atoms with Crippen molar-refractivity contribution >= 4 is 126 Å². The first-order valence-electron chi connectivity index (χ1n) is 40.7. The molecular weight excluding hydrogens is 1680 g/mol. The number of aromatic amines is 1. The quantitative estimate of drug-likeness (QED) is 0.0157. The lowest BCUT2D eigenvalue weighted by Crippen LogP contribution is -2.23. The topological polar surface area (TPSA) is 581 Å². The summed E-state index contributed by atoms with van der Waals surface area (Å²) in [4.78, 5) is 49.7. The molecule has 0 aromatic carbocycles. The number of nitrogens with one attached hydrogen (secondary N) is 6. The van der Waals surface area contributed by atoms with Gasteiger partial charge in [0.1, 0.15) is 26.4 Å². The van der Waals surface area contributed by atoms with Gasteiger partial charge >= 0.3 is 0 Å². The molecule has 690 valence electrons. The lowest BCUT2D eigenvalue weighted by molar-refractivity contribution is 0.0553. The number of aromatic nitrogens is 16. The first-order valence-corrected chi connectivity index (χ1v) is 40.7. The summed E-state index contributed by atoms with van der Waals surface area (Å²) in [6.07, 6.45) is 30.3. The fourth-order valence-electron chi connectivity index (χ4n) is 11.3. The Morgan fingerprint density at radius 1 is 0.407 bits per heavy atom. The third kappa shape index (κ3) is 47.9. The second-order valence-corrected chi connectivity index (χ2v) is 27.6. The number of ether oxygens (including phenoxy) is 6. The van der Waals surface area contributed by atoms with Crippen molar-refractivity contribution in [2.24, 2.45) is 10.2 Å². The van der Waals surface area contributed by atoms with Crippen LogP contribution in [0.5, 0.6) is 28.7 Å². The van der Waals surface area contributed by atoms with Gasteiger partial charge in [-0.25, -0.2) is 24.9 Å². The second kappa shape index (κ2) is 69.0. The zero-order valence-corrected chi connectivity index (χ0v) is 77.3. The lowest BCUT2D eigenvalue weighted by Gasteiger charge is -2.20. The SMILES string of the molecule is CCCC[C@@H](CCO)Nc1nc(N)ncc1OCC1=CCN=N1.CCCC[C@@H](CCO)Nc1nc(N)ncc1OCCOC(C)C.CCCC[C@@H](CCO)Nc1nc(N)ncc1OCc1cccc(C)n1.CCCC[C@@H](CCO)Nc1nc(N)ncc1OCc1ccccn1.CCCC[C@@H](CCO)Nc1nc(N)ncc1OCc1nn[nH]n1.S.S.S.S.S. The van der Waals surface area contributed by atoms with Crippen molar-refractivity contribution in [1.82, 2.24) is 80.4 Å². The number of tetrazole rings is 1. The normalized spacial score (nSPS) is 12.1. The number of hydrogen-bond donors (Lipinski definition) is 16. The molecule has 8 aromatic heterocycles. The van der Waals surface area contributed by atoms with Gasteiger partial charge in [-0.15, -0.1) is 10.2 Å². The van der Waals surface area contributed by atoms with E-state index in [1.807, 2.05) is 63.2 Å². The molecule has 1 aliphatic heterocycles. The average molecular weight is 1820 g/mol. The molecule has 0 saturated carbocycles. The molecule has 0 bridgehead atoms. The van der Waals surface area contributed by atoms with Crippen molar-refractivity contribution < 1.29 is 54.0 Å². The van der Waals surface area contributed by atoms with Crippen molar-refractivity contribution in [2.75, 3.05) is 115 Å². The number of azo groups is 1. The number of anilines is 10. The minimum Gasteiger partial charge on any atom is -0.486 e. The number of nitrogen functional groups attached to an aromatic ring is 5. The summed E-state index contributed by atoms with van der Waals surface area (Å²) in [5.74, 6) is 6.57. The summed E-state index contributed by atoms with van der Waals surface area (Å²) < 4.78 is 34.2. The highest BCUT2D eigenvalue weighted by Crippen LogP contribution is 2.31. The van der Waals surface area contributed by atoms with Crippen LogP contribution in [0.25, 0.3) is 0 Å². The van der Waals surface area contributed by atoms with Gasteiger partial charge in [-0.05, 0) is 115 Å². The van der Waals surface area contributed by atoms with Gasteiger partial charge < -0.3 is 109 Å². The predicted molar refractivity (Wildman–Crippen MR) is 508 cm³/mol. The van der Waals surface area contributed by atoms with Gasteiger partial charge in [0.2, 0.25) is 35.6 Å². The zero-order valence-electron chi connectivity index (χ0n) is 72.3. The van der Waals surface area contributed by atoms with E-state index in [4.69, 9.17) is 57.1 Å². The van der Waals surface area contributed by atoms with E-state index in [0.717, 1.165) is 119 Å². The van der Waals surface area contributed by atoms with Crippen molar-refractivity contribution in [3.63, 3.8) is 0 Å². The van der Waals surface area contributed by atoms with E-state index in [-0.39, 0.29) is 173 Å². The molecule has 123 heavy (non-hydrogen) atoms. The van der Waals surface area contributed by atoms with Crippen LogP contribution in [0.3, 0.4) is 0 Å². The number of rotatable bonds is 52. The maximum Gasteiger partial charge on any atom is 0.222 e. The van der Waals surface area contributed by atoms with Crippen molar-refractivity contribution in [1.29, 1.82) is 0 Å². The minimum absolute atomic E-state index is 0. The van der Waals surface area contributed by atoms with E-state index < -0.39 is 0 Å². The van der Waals surface area contributed by atoms with Crippen molar-refractivity contribution in [3.8, 4) is 28.7 Å². The molecule has 39 nitrogen and oxygen atoms in total. The molecule has 0 spiro atoms. The van der Waals surface area contributed by atoms with Crippen LogP contribution in [-0.2, 0) is 24.6 Å². The number of aryl methyl sites for hydroxylation is 1. The third-order valence-corrected chi connectivity index (χ3v) is 17.4. The lowest BCUT2D eigenvalue weighted by atomic mass is 10.1. The number of pyridine rings is 2. The van der Waals surface area contributed by atoms with Crippen molar-refractivity contribution in [3.05, 3.63) is 108 Å². The Balaban J connectivity index is 0.00000150. The summed E-state index contributed by atoms with van der Waals surface area (Å²) in [6, 6.07) is 12.0. The molecule has 5 atom stereocenters. The van der Waals surface area contributed by atoms with Crippen LogP contribution in [0.15, 0.2) is 95.6 Å². The molecule has 0 saturated heterocycles. The van der Waals surface area contributed by atoms with E-state index in [1.165, 1.54) is 6.20 Å². The van der Waals surface area contributed by atoms with Gasteiger partial charge in [-0.1, -0.05) is 116 Å². The van der Waals surface area contributed by atoms with Crippen LogP contribution in [0.4, 0.5) is 58.8 Å². The molecule has 9 rings (SSSR count). The second-order valence-electron chi connectivity index (χ2n) is 27.6. The molecule has 21 N–H and O–H groups in total. The standard InChI is InChI=1S/C18H27N5O2.C17H25N5O2.C16H30N4O3.C15H24N6O2.C13H22N8O2.5H2S/c1-3-4-7-14(9-10-24)22-17-16(11-20-18(19)23-17)25-12-15-8-5-6-13(2)21-15;1-2-3-6-13(8-10-23)21-16-15(11-20-17(18)22-16)24-12-14-7-4-5-9-19-14;1-4-5-6-13(7-8-21)19-15-14(11-18-16(17)20-15)23-10-9-22-12(2)3;1-2-3-4-11(6-8-22)19-14-13(9-17-15(16)20-14)23-10-12-5-7-18-21-12;1-2-3-4-9(5-6-22)16-12-10(7-15-13(14)17-12)23-8-11-18-20-21-19-11;;;;;/h5-6,8,11,14,24H,3-4,7,9-10,12H2,1-2H3,(H3,19,20,22,23);4-5,7,9,11,13,23H,2-3,6,8,10,12H2,1H3,(H3,18,20,21,22);11-13,21H,4-10H2,1-3H3,(H3,17,18,19,20);5,9,11,22H,2-4,6-8,10H2,1H3,(H3,16,17,19,20);7,9,22H,2-6,8H2,1H3,(H3,14,15,16,17)(H,18,19,20,21);5*1H2/t14-;2*13-;11-;9-;;;;;/m00000...../s1. The van der Waals surface area contributed by atoms with Crippen LogP contribution >= 0.6 is 67.5 Å². The summed E-state index contributed by atoms with van der Waals surface area (Å²) in [7, 11) is 0. The molecule has 0 fully saturated rings. The Morgan fingerprint density at radius 3 is 1.07 bits per heavy atom. The first-order chi connectivity index (χ1) is 57.4. The maximum atomic E-state index is 9.28. The number of H-pyrrole nitrogens is 1. The first kappa shape index (κ1) is 114. The molecule has 44 heteroatoms. The third-order valence-electron chi connectivity index (χ3n) is 17.4. The molecule has 0 unspecified atom stereocenters. The average Bonchev–Trinajstić information content (AvgIpc) is 1.42. The Labute approximate surface area is 758 Å². The van der Waals surface area contributed by atoms with Crippen LogP contribution in [-0.4, -0.2) is 202 Å². The largest absolute Gasteiger partial charge is 0.486 e. The summed E-state index contributed by atoms with van der Waals surface area (Å²) in [5, 5.41) is 84.1. The number of unbranched alkanes of at least 4 members (excludes halogenated alkanes) is 5. The van der Waals surface area contributed by atoms with Gasteiger partial charge in [0, 0.05) is 75.1 Å². The van der Waals surface area contributed by atoms with E-state index in [9.17, 15) is 25.5 Å².